The van der Waals surface area contributed by atoms with Crippen LogP contribution in [0.15, 0.2) is 66.9 Å². The lowest BCUT2D eigenvalue weighted by atomic mass is 9.90. The molecule has 0 saturated carbocycles. The van der Waals surface area contributed by atoms with E-state index in [2.05, 4.69) is 4.98 Å². The number of hydrogen-bond donors (Lipinski definition) is 0. The van der Waals surface area contributed by atoms with E-state index in [0.29, 0.717) is 16.5 Å². The Morgan fingerprint density at radius 3 is 2.24 bits per heavy atom. The van der Waals surface area contributed by atoms with Gasteiger partial charge in [0.1, 0.15) is 11.1 Å². The van der Waals surface area contributed by atoms with E-state index in [-0.39, 0.29) is 5.78 Å². The van der Waals surface area contributed by atoms with Gasteiger partial charge in [0, 0.05) is 33.5 Å². The van der Waals surface area contributed by atoms with Gasteiger partial charge in [-0.3, -0.25) is 9.78 Å². The average molecular weight is 601 g/mol. The summed E-state index contributed by atoms with van der Waals surface area (Å²) in [4.78, 5) is 22.7. The minimum Gasteiger partial charge on any atom is -0.493 e. The van der Waals surface area contributed by atoms with E-state index in [4.69, 9.17) is 30.8 Å². The highest BCUT2D eigenvalue weighted by atomic mass is 35.5. The minimum atomic E-state index is -0.733. The van der Waals surface area contributed by atoms with Gasteiger partial charge in [0.25, 0.3) is 0 Å². The van der Waals surface area contributed by atoms with Crippen LogP contribution in [-0.2, 0) is 9.53 Å². The number of halogens is 1. The van der Waals surface area contributed by atoms with E-state index < -0.39 is 11.7 Å². The number of benzene rings is 3. The van der Waals surface area contributed by atoms with Gasteiger partial charge < -0.3 is 14.2 Å². The van der Waals surface area contributed by atoms with Gasteiger partial charge in [0.15, 0.2) is 17.3 Å². The zero-order valence-corrected chi connectivity index (χ0v) is 26.3. The average Bonchev–Trinajstić information content (AvgIpc) is 3.38. The quantitative estimate of drug-likeness (QED) is 0.177. The van der Waals surface area contributed by atoms with Crippen LogP contribution in [0.25, 0.3) is 43.2 Å². The minimum absolute atomic E-state index is 0.0546. The fraction of sp³-hybridized carbons (Fsp3) is 0.265. The molecule has 0 unspecified atom stereocenters. The number of aromatic nitrogens is 2. The molecular weight excluding hydrogens is 568 g/mol. The van der Waals surface area contributed by atoms with Crippen molar-refractivity contribution in [3.63, 3.8) is 0 Å². The molecule has 8 heteroatoms. The number of aryl methyl sites for hydroxylation is 1. The SMILES string of the molecule is COc1ccc(-c2cc(-c3nc4cc(C)c([C@H](OC(C)(C)C)C(C)=O)c(-c5ccc(Cl)cc5)c4s3)ccn2)cc1OC. The Balaban J connectivity index is 1.70. The lowest BCUT2D eigenvalue weighted by Gasteiger charge is -2.29. The topological polar surface area (TPSA) is 70.5 Å². The second-order valence-electron chi connectivity index (χ2n) is 11.1. The number of Topliss-reactive ketones (excluding diaryl/α,β-unsaturated/α-hetero) is 1. The predicted octanol–water partition coefficient (Wildman–Crippen LogP) is 9.12. The number of ketones is 1. The third kappa shape index (κ3) is 6.04. The molecule has 0 aliphatic carbocycles. The zero-order chi connectivity index (χ0) is 30.2. The zero-order valence-electron chi connectivity index (χ0n) is 24.7. The monoisotopic (exact) mass is 600 g/mol. The summed E-state index contributed by atoms with van der Waals surface area (Å²) in [5.74, 6) is 1.24. The molecule has 3 aromatic carbocycles. The number of rotatable bonds is 8. The number of carbonyl (C=O) groups is 1. The maximum Gasteiger partial charge on any atom is 0.163 e. The van der Waals surface area contributed by atoms with Crippen LogP contribution in [0.1, 0.15) is 44.9 Å². The fourth-order valence-corrected chi connectivity index (χ4v) is 6.24. The molecule has 0 radical (unpaired) electrons. The van der Waals surface area contributed by atoms with E-state index in [9.17, 15) is 4.79 Å². The van der Waals surface area contributed by atoms with E-state index in [1.165, 1.54) is 0 Å². The molecular formula is C34H33ClN2O4S. The number of thiazole rings is 1. The Kier molecular flexibility index (Phi) is 8.37. The van der Waals surface area contributed by atoms with Gasteiger partial charge in [-0.25, -0.2) is 4.98 Å². The second kappa shape index (κ2) is 11.8. The van der Waals surface area contributed by atoms with Crippen LogP contribution in [0.5, 0.6) is 11.5 Å². The van der Waals surface area contributed by atoms with E-state index in [1.54, 1.807) is 38.7 Å². The van der Waals surface area contributed by atoms with Gasteiger partial charge >= 0.3 is 0 Å². The summed E-state index contributed by atoms with van der Waals surface area (Å²) < 4.78 is 18.2. The Labute approximate surface area is 255 Å². The molecule has 42 heavy (non-hydrogen) atoms. The van der Waals surface area contributed by atoms with Gasteiger partial charge in [0.05, 0.1) is 35.7 Å². The van der Waals surface area contributed by atoms with E-state index in [0.717, 1.165) is 54.3 Å². The van der Waals surface area contributed by atoms with Crippen molar-refractivity contribution in [2.24, 2.45) is 0 Å². The van der Waals surface area contributed by atoms with Crippen LogP contribution in [-0.4, -0.2) is 35.6 Å². The number of methoxy groups -OCH3 is 2. The first kappa shape index (κ1) is 29.7. The van der Waals surface area contributed by atoms with Crippen molar-refractivity contribution in [1.29, 1.82) is 0 Å². The third-order valence-electron chi connectivity index (χ3n) is 6.85. The van der Waals surface area contributed by atoms with Crippen molar-refractivity contribution in [3.8, 4) is 44.5 Å². The third-order valence-corrected chi connectivity index (χ3v) is 8.24. The molecule has 2 aromatic heterocycles. The number of pyridine rings is 1. The summed E-state index contributed by atoms with van der Waals surface area (Å²) >= 11 is 7.84. The van der Waals surface area contributed by atoms with Crippen molar-refractivity contribution >= 4 is 38.9 Å². The van der Waals surface area contributed by atoms with Crippen molar-refractivity contribution in [3.05, 3.63) is 83.0 Å². The molecule has 0 aliphatic rings. The summed E-state index contributed by atoms with van der Waals surface area (Å²) in [6.07, 6.45) is 1.05. The highest BCUT2D eigenvalue weighted by Gasteiger charge is 2.30. The van der Waals surface area contributed by atoms with Gasteiger partial charge in [-0.15, -0.1) is 11.3 Å². The first-order chi connectivity index (χ1) is 20.0. The number of carbonyl (C=O) groups excluding carboxylic acids is 1. The van der Waals surface area contributed by atoms with Crippen LogP contribution in [0.4, 0.5) is 0 Å². The molecule has 0 aliphatic heterocycles. The normalized spacial score (nSPS) is 12.4. The smallest absolute Gasteiger partial charge is 0.163 e. The molecule has 2 heterocycles. The van der Waals surface area contributed by atoms with Crippen LogP contribution in [0, 0.1) is 6.92 Å². The number of ether oxygens (including phenoxy) is 3. The molecule has 5 aromatic rings. The summed E-state index contributed by atoms with van der Waals surface area (Å²) in [5, 5.41) is 1.49. The first-order valence-electron chi connectivity index (χ1n) is 13.6. The summed E-state index contributed by atoms with van der Waals surface area (Å²) in [5.41, 5.74) is 6.63. The molecule has 0 saturated heterocycles. The molecule has 0 amide bonds. The van der Waals surface area contributed by atoms with Crippen LogP contribution in [0.2, 0.25) is 5.02 Å². The Hall–Kier alpha value is -3.78. The van der Waals surface area contributed by atoms with Crippen LogP contribution in [0.3, 0.4) is 0 Å². The lowest BCUT2D eigenvalue weighted by molar-refractivity contribution is -0.138. The van der Waals surface area contributed by atoms with Gasteiger partial charge in [0.2, 0.25) is 0 Å². The largest absolute Gasteiger partial charge is 0.493 e. The number of hydrogen-bond acceptors (Lipinski definition) is 7. The van der Waals surface area contributed by atoms with Crippen molar-refractivity contribution in [2.75, 3.05) is 14.2 Å². The first-order valence-corrected chi connectivity index (χ1v) is 14.8. The van der Waals surface area contributed by atoms with Crippen molar-refractivity contribution < 1.29 is 19.0 Å². The molecule has 0 spiro atoms. The van der Waals surface area contributed by atoms with Gasteiger partial charge in [-0.2, -0.15) is 0 Å². The van der Waals surface area contributed by atoms with Gasteiger partial charge in [-0.1, -0.05) is 23.7 Å². The Morgan fingerprint density at radius 2 is 1.60 bits per heavy atom. The van der Waals surface area contributed by atoms with Crippen LogP contribution < -0.4 is 9.47 Å². The molecule has 6 nitrogen and oxygen atoms in total. The van der Waals surface area contributed by atoms with Crippen molar-refractivity contribution in [2.45, 2.75) is 46.3 Å². The lowest BCUT2D eigenvalue weighted by Crippen LogP contribution is -2.27. The highest BCUT2D eigenvalue weighted by Crippen LogP contribution is 2.45. The van der Waals surface area contributed by atoms with Crippen molar-refractivity contribution in [1.82, 2.24) is 9.97 Å². The molecule has 5 rings (SSSR count). The van der Waals surface area contributed by atoms with E-state index >= 15 is 0 Å². The number of nitrogens with zero attached hydrogens (tertiary/aromatic N) is 2. The number of fused-ring (bicyclic) bond motifs is 1. The molecule has 1 atom stereocenters. The predicted molar refractivity (Wildman–Crippen MR) is 171 cm³/mol. The van der Waals surface area contributed by atoms with E-state index in [1.807, 2.05) is 88.4 Å². The molecule has 0 N–H and O–H groups in total. The molecule has 216 valence electrons. The maximum absolute atomic E-state index is 13.1. The highest BCUT2D eigenvalue weighted by molar-refractivity contribution is 7.22. The Morgan fingerprint density at radius 1 is 0.905 bits per heavy atom. The summed E-state index contributed by atoms with van der Waals surface area (Å²) in [7, 11) is 3.23. The molecule has 0 bridgehead atoms. The Bertz CT molecular complexity index is 1770. The fourth-order valence-electron chi connectivity index (χ4n) is 4.99. The summed E-state index contributed by atoms with van der Waals surface area (Å²) in [6, 6.07) is 19.5. The van der Waals surface area contributed by atoms with Gasteiger partial charge in [-0.05, 0) is 94.3 Å². The summed E-state index contributed by atoms with van der Waals surface area (Å²) in [6.45, 7) is 9.47. The van der Waals surface area contributed by atoms with Crippen LogP contribution >= 0.6 is 22.9 Å². The standard InChI is InChI=1S/C34H33ClN2O4S/c1-19-16-26-32(30(21-8-11-24(35)12-9-21)29(19)31(20(2)38)41-34(3,4)5)42-33(37-26)23-14-15-36-25(17-23)22-10-13-27(39-6)28(18-22)40-7/h8-18,31H,1-7H3/t31-/m1/s1. The maximum atomic E-state index is 13.1. The molecule has 0 fully saturated rings. The second-order valence-corrected chi connectivity index (χ2v) is 12.5.